The van der Waals surface area contributed by atoms with Gasteiger partial charge >= 0.3 is 0 Å². The van der Waals surface area contributed by atoms with Crippen LogP contribution in [-0.2, 0) is 0 Å². The Hall–Kier alpha value is -1.40. The molecule has 0 aliphatic carbocycles. The van der Waals surface area contributed by atoms with Gasteiger partial charge in [-0.3, -0.25) is 4.79 Å². The van der Waals surface area contributed by atoms with Gasteiger partial charge in [0.1, 0.15) is 5.82 Å². The minimum absolute atomic E-state index is 0.0547. The van der Waals surface area contributed by atoms with Crippen LogP contribution in [0.3, 0.4) is 0 Å². The van der Waals surface area contributed by atoms with Gasteiger partial charge in [-0.05, 0) is 52.3 Å². The van der Waals surface area contributed by atoms with E-state index in [0.717, 1.165) is 8.95 Å². The number of hydrogen-bond acceptors (Lipinski definition) is 2. The minimum atomic E-state index is -0.541. The number of halogens is 3. The molecule has 3 N–H and O–H groups in total. The first-order valence-electron chi connectivity index (χ1n) is 5.29. The van der Waals surface area contributed by atoms with Crippen LogP contribution >= 0.6 is 31.9 Å². The zero-order valence-corrected chi connectivity index (χ0v) is 12.8. The van der Waals surface area contributed by atoms with Crippen LogP contribution in [-0.4, -0.2) is 5.91 Å². The number of rotatable bonds is 2. The van der Waals surface area contributed by atoms with Gasteiger partial charge in [0.2, 0.25) is 0 Å². The van der Waals surface area contributed by atoms with Crippen molar-refractivity contribution in [2.45, 2.75) is 0 Å². The first-order valence-corrected chi connectivity index (χ1v) is 6.87. The van der Waals surface area contributed by atoms with Crippen LogP contribution in [0.25, 0.3) is 0 Å². The second kappa shape index (κ2) is 5.71. The average molecular weight is 388 g/mol. The summed E-state index contributed by atoms with van der Waals surface area (Å²) in [5, 5.41) is 2.72. The third-order valence-electron chi connectivity index (χ3n) is 2.43. The summed E-state index contributed by atoms with van der Waals surface area (Å²) in [7, 11) is 0. The van der Waals surface area contributed by atoms with Crippen LogP contribution in [0.2, 0.25) is 0 Å². The molecule has 0 aromatic heterocycles. The summed E-state index contributed by atoms with van der Waals surface area (Å²) in [6.07, 6.45) is 0. The molecule has 2 rings (SSSR count). The smallest absolute Gasteiger partial charge is 0.255 e. The van der Waals surface area contributed by atoms with Gasteiger partial charge in [-0.2, -0.15) is 0 Å². The van der Waals surface area contributed by atoms with E-state index in [1.54, 1.807) is 12.1 Å². The van der Waals surface area contributed by atoms with E-state index < -0.39 is 5.82 Å². The molecule has 0 aliphatic rings. The molecule has 2 aromatic carbocycles. The number of carbonyl (C=O) groups excluding carboxylic acids is 1. The lowest BCUT2D eigenvalue weighted by atomic mass is 10.2. The Labute approximate surface area is 126 Å². The van der Waals surface area contributed by atoms with Crippen LogP contribution in [0.1, 0.15) is 10.4 Å². The second-order valence-electron chi connectivity index (χ2n) is 3.81. The molecule has 2 aromatic rings. The lowest BCUT2D eigenvalue weighted by molar-refractivity contribution is 0.102. The van der Waals surface area contributed by atoms with Gasteiger partial charge < -0.3 is 11.1 Å². The first-order chi connectivity index (χ1) is 8.97. The molecule has 0 bridgehead atoms. The zero-order valence-electron chi connectivity index (χ0n) is 9.58. The van der Waals surface area contributed by atoms with Crippen molar-refractivity contribution in [3.05, 3.63) is 56.7 Å². The number of nitrogens with two attached hydrogens (primary N) is 1. The van der Waals surface area contributed by atoms with E-state index in [0.29, 0.717) is 11.3 Å². The van der Waals surface area contributed by atoms with E-state index in [9.17, 15) is 9.18 Å². The van der Waals surface area contributed by atoms with E-state index in [4.69, 9.17) is 5.73 Å². The maximum atomic E-state index is 13.0. The fourth-order valence-corrected chi connectivity index (χ4v) is 2.18. The fourth-order valence-electron chi connectivity index (χ4n) is 1.47. The first kappa shape index (κ1) is 14.0. The minimum Gasteiger partial charge on any atom is -0.396 e. The highest BCUT2D eigenvalue weighted by Crippen LogP contribution is 2.26. The van der Waals surface area contributed by atoms with Crippen LogP contribution in [0.5, 0.6) is 0 Å². The lowest BCUT2D eigenvalue weighted by Crippen LogP contribution is -2.13. The van der Waals surface area contributed by atoms with Gasteiger partial charge in [0.25, 0.3) is 5.91 Å². The number of nitrogen functional groups attached to an aromatic ring is 1. The molecule has 0 spiro atoms. The Morgan fingerprint density at radius 3 is 2.58 bits per heavy atom. The maximum absolute atomic E-state index is 13.0. The third-order valence-corrected chi connectivity index (χ3v) is 3.62. The van der Waals surface area contributed by atoms with Crippen molar-refractivity contribution >= 4 is 49.1 Å². The summed E-state index contributed by atoms with van der Waals surface area (Å²) in [5.41, 5.74) is 6.29. The van der Waals surface area contributed by atoms with Crippen molar-refractivity contribution in [2.24, 2.45) is 0 Å². The molecule has 0 radical (unpaired) electrons. The number of hydrogen-bond donors (Lipinski definition) is 2. The van der Waals surface area contributed by atoms with Gasteiger partial charge in [0, 0.05) is 14.5 Å². The molecular weight excluding hydrogens is 379 g/mol. The topological polar surface area (TPSA) is 55.1 Å². The highest BCUT2D eigenvalue weighted by atomic mass is 79.9. The number of amides is 1. The van der Waals surface area contributed by atoms with E-state index in [2.05, 4.69) is 37.2 Å². The van der Waals surface area contributed by atoms with Crippen LogP contribution < -0.4 is 11.1 Å². The molecular formula is C13H9Br2FN2O. The van der Waals surface area contributed by atoms with Crippen molar-refractivity contribution in [1.82, 2.24) is 0 Å². The molecule has 19 heavy (non-hydrogen) atoms. The molecule has 0 heterocycles. The molecule has 0 atom stereocenters. The summed E-state index contributed by atoms with van der Waals surface area (Å²) in [6.45, 7) is 0. The van der Waals surface area contributed by atoms with Crippen molar-refractivity contribution < 1.29 is 9.18 Å². The number of carbonyl (C=O) groups is 1. The molecule has 1 amide bonds. The number of nitrogens with one attached hydrogen (secondary N) is 1. The Morgan fingerprint density at radius 1 is 1.16 bits per heavy atom. The summed E-state index contributed by atoms with van der Waals surface area (Å²) in [6, 6.07) is 9.26. The predicted molar refractivity (Wildman–Crippen MR) is 80.6 cm³/mol. The summed E-state index contributed by atoms with van der Waals surface area (Å²) >= 11 is 6.66. The van der Waals surface area contributed by atoms with Crippen molar-refractivity contribution in [1.29, 1.82) is 0 Å². The molecule has 0 unspecified atom stereocenters. The second-order valence-corrected chi connectivity index (χ2v) is 5.58. The van der Waals surface area contributed by atoms with Crippen molar-refractivity contribution in [3.8, 4) is 0 Å². The molecule has 98 valence electrons. The van der Waals surface area contributed by atoms with Gasteiger partial charge in [-0.25, -0.2) is 4.39 Å². The van der Waals surface area contributed by atoms with Crippen LogP contribution in [0.4, 0.5) is 15.8 Å². The summed E-state index contributed by atoms with van der Waals surface area (Å²) in [4.78, 5) is 12.0. The Balaban J connectivity index is 2.25. The van der Waals surface area contributed by atoms with Crippen LogP contribution in [0, 0.1) is 5.82 Å². The highest BCUT2D eigenvalue weighted by Gasteiger charge is 2.10. The molecule has 0 saturated carbocycles. The fraction of sp³-hybridized carbons (Fsp3) is 0. The van der Waals surface area contributed by atoms with E-state index >= 15 is 0 Å². The molecule has 0 aliphatic heterocycles. The van der Waals surface area contributed by atoms with Crippen molar-refractivity contribution in [2.75, 3.05) is 11.1 Å². The zero-order chi connectivity index (χ0) is 14.0. The van der Waals surface area contributed by atoms with Crippen LogP contribution in [0.15, 0.2) is 45.3 Å². The standard InChI is InChI=1S/C13H9Br2FN2O/c14-8-2-3-9(15)12(6-8)18-13(19)7-1-4-10(16)11(17)5-7/h1-6H,17H2,(H,18,19). The SMILES string of the molecule is Nc1cc(C(=O)Nc2cc(Br)ccc2Br)ccc1F. The largest absolute Gasteiger partial charge is 0.396 e. The van der Waals surface area contributed by atoms with Gasteiger partial charge in [0.05, 0.1) is 11.4 Å². The average Bonchev–Trinajstić information content (AvgIpc) is 2.37. The van der Waals surface area contributed by atoms with Gasteiger partial charge in [-0.15, -0.1) is 0 Å². The normalized spacial score (nSPS) is 10.3. The molecule has 6 heteroatoms. The third kappa shape index (κ3) is 3.33. The summed E-state index contributed by atoms with van der Waals surface area (Å²) in [5.74, 6) is -0.898. The van der Waals surface area contributed by atoms with E-state index in [-0.39, 0.29) is 11.6 Å². The Morgan fingerprint density at radius 2 is 1.89 bits per heavy atom. The predicted octanol–water partition coefficient (Wildman–Crippen LogP) is 4.19. The molecule has 0 saturated heterocycles. The Bertz CT molecular complexity index is 647. The van der Waals surface area contributed by atoms with E-state index in [1.807, 2.05) is 6.07 Å². The van der Waals surface area contributed by atoms with Crippen molar-refractivity contribution in [3.63, 3.8) is 0 Å². The van der Waals surface area contributed by atoms with Gasteiger partial charge in [-0.1, -0.05) is 15.9 Å². The van der Waals surface area contributed by atoms with E-state index in [1.165, 1.54) is 18.2 Å². The number of anilines is 2. The lowest BCUT2D eigenvalue weighted by Gasteiger charge is -2.08. The number of benzene rings is 2. The molecule has 3 nitrogen and oxygen atoms in total. The van der Waals surface area contributed by atoms with Gasteiger partial charge in [0.15, 0.2) is 0 Å². The Kier molecular flexibility index (Phi) is 4.21. The molecule has 0 fully saturated rings. The maximum Gasteiger partial charge on any atom is 0.255 e. The quantitative estimate of drug-likeness (QED) is 0.759. The highest BCUT2D eigenvalue weighted by molar-refractivity contribution is 9.11. The monoisotopic (exact) mass is 386 g/mol. The summed E-state index contributed by atoms with van der Waals surface area (Å²) < 4.78 is 14.6.